The molecule has 5 rings (SSSR count). The molecule has 1 fully saturated rings. The van der Waals surface area contributed by atoms with Gasteiger partial charge in [0.05, 0.1) is 23.7 Å². The van der Waals surface area contributed by atoms with Crippen LogP contribution in [-0.2, 0) is 32.3 Å². The first-order chi connectivity index (χ1) is 23.2. The highest BCUT2D eigenvalue weighted by Gasteiger charge is 2.64. The number of rotatable bonds is 14. The molecule has 0 bridgehead atoms. The summed E-state index contributed by atoms with van der Waals surface area (Å²) in [6.45, 7) is 4.28. The fourth-order valence-corrected chi connectivity index (χ4v) is 6.11. The van der Waals surface area contributed by atoms with Crippen LogP contribution in [0.15, 0.2) is 109 Å². The van der Waals surface area contributed by atoms with Crippen LogP contribution >= 0.6 is 0 Å². The number of benzene rings is 4. The van der Waals surface area contributed by atoms with Crippen LogP contribution in [0.1, 0.15) is 25.0 Å². The smallest absolute Gasteiger partial charge is 0.308 e. The van der Waals surface area contributed by atoms with Gasteiger partial charge in [0.2, 0.25) is 11.8 Å². The van der Waals surface area contributed by atoms with Crippen molar-refractivity contribution in [3.8, 4) is 23.0 Å². The van der Waals surface area contributed by atoms with E-state index < -0.39 is 47.4 Å². The van der Waals surface area contributed by atoms with Gasteiger partial charge in [0, 0.05) is 26.2 Å². The fourth-order valence-electron chi connectivity index (χ4n) is 6.11. The van der Waals surface area contributed by atoms with Gasteiger partial charge in [-0.1, -0.05) is 60.7 Å². The topological polar surface area (TPSA) is 134 Å². The number of aliphatic carboxylic acids is 2. The molecule has 4 aromatic rings. The van der Waals surface area contributed by atoms with Gasteiger partial charge in [-0.15, -0.1) is 0 Å². The van der Waals surface area contributed by atoms with Crippen molar-refractivity contribution < 1.29 is 38.9 Å². The van der Waals surface area contributed by atoms with Gasteiger partial charge in [0.15, 0.2) is 0 Å². The summed E-state index contributed by atoms with van der Waals surface area (Å²) in [5, 5.41) is 20.1. The van der Waals surface area contributed by atoms with Crippen LogP contribution in [0, 0.1) is 23.7 Å². The van der Waals surface area contributed by atoms with Crippen LogP contribution < -0.4 is 9.47 Å². The van der Waals surface area contributed by atoms with Crippen molar-refractivity contribution in [3.05, 3.63) is 120 Å². The number of carbonyl (C=O) groups is 4. The molecule has 1 aliphatic carbocycles. The number of hydrogen-bond acceptors (Lipinski definition) is 6. The molecule has 1 saturated carbocycles. The van der Waals surface area contributed by atoms with Gasteiger partial charge < -0.3 is 29.5 Å². The van der Waals surface area contributed by atoms with E-state index in [9.17, 15) is 29.4 Å². The van der Waals surface area contributed by atoms with Crippen molar-refractivity contribution in [2.24, 2.45) is 23.7 Å². The lowest BCUT2D eigenvalue weighted by Crippen LogP contribution is -2.64. The first-order valence-corrected chi connectivity index (χ1v) is 15.9. The molecule has 0 aromatic heterocycles. The minimum Gasteiger partial charge on any atom is -0.481 e. The Labute approximate surface area is 279 Å². The van der Waals surface area contributed by atoms with E-state index in [1.165, 1.54) is 9.80 Å². The summed E-state index contributed by atoms with van der Waals surface area (Å²) in [5.74, 6) is -7.11. The summed E-state index contributed by atoms with van der Waals surface area (Å²) in [6, 6.07) is 32.9. The Morgan fingerprint density at radius 2 is 0.812 bits per heavy atom. The predicted octanol–water partition coefficient (Wildman–Crippen LogP) is 6.32. The lowest BCUT2D eigenvalue weighted by atomic mass is 9.55. The van der Waals surface area contributed by atoms with Gasteiger partial charge in [0.25, 0.3) is 0 Å². The quantitative estimate of drug-likeness (QED) is 0.162. The highest BCUT2D eigenvalue weighted by Crippen LogP contribution is 2.49. The van der Waals surface area contributed by atoms with Crippen molar-refractivity contribution in [3.63, 3.8) is 0 Å². The molecule has 0 spiro atoms. The average molecular weight is 651 g/mol. The van der Waals surface area contributed by atoms with Crippen molar-refractivity contribution in [2.45, 2.75) is 26.9 Å². The maximum atomic E-state index is 14.0. The molecule has 2 N–H and O–H groups in total. The molecular formula is C38H38N2O8. The third-order valence-electron chi connectivity index (χ3n) is 8.63. The Kier molecular flexibility index (Phi) is 10.7. The van der Waals surface area contributed by atoms with Crippen molar-refractivity contribution in [1.29, 1.82) is 0 Å². The third kappa shape index (κ3) is 7.66. The Hall–Kier alpha value is -5.64. The number of nitrogens with zero attached hydrogens (tertiary/aromatic N) is 2. The lowest BCUT2D eigenvalue weighted by Gasteiger charge is -2.48. The van der Waals surface area contributed by atoms with E-state index in [0.717, 1.165) is 11.1 Å². The molecule has 4 atom stereocenters. The minimum atomic E-state index is -1.53. The zero-order valence-corrected chi connectivity index (χ0v) is 26.8. The fraction of sp³-hybridized carbons (Fsp3) is 0.263. The minimum absolute atomic E-state index is 0.150. The average Bonchev–Trinajstić information content (AvgIpc) is 3.07. The Balaban J connectivity index is 1.31. The van der Waals surface area contributed by atoms with Crippen LogP contribution in [-0.4, -0.2) is 56.9 Å². The number of hydrogen-bond donors (Lipinski definition) is 2. The van der Waals surface area contributed by atoms with Crippen LogP contribution in [0.4, 0.5) is 0 Å². The molecule has 0 aliphatic heterocycles. The molecule has 0 radical (unpaired) electrons. The Morgan fingerprint density at radius 3 is 1.10 bits per heavy atom. The number of carboxylic acid groups (broad SMARTS) is 2. The lowest BCUT2D eigenvalue weighted by molar-refractivity contribution is -0.187. The second-order valence-corrected chi connectivity index (χ2v) is 11.6. The number of amides is 2. The predicted molar refractivity (Wildman–Crippen MR) is 177 cm³/mol. The Morgan fingerprint density at radius 1 is 0.500 bits per heavy atom. The normalized spacial score (nSPS) is 18.2. The van der Waals surface area contributed by atoms with Gasteiger partial charge in [0.1, 0.15) is 23.0 Å². The molecule has 0 heterocycles. The third-order valence-corrected chi connectivity index (χ3v) is 8.63. The van der Waals surface area contributed by atoms with E-state index in [1.54, 1.807) is 62.4 Å². The van der Waals surface area contributed by atoms with Crippen molar-refractivity contribution in [2.75, 3.05) is 13.1 Å². The summed E-state index contributed by atoms with van der Waals surface area (Å²) in [5.41, 5.74) is 1.54. The first-order valence-electron chi connectivity index (χ1n) is 15.9. The second-order valence-electron chi connectivity index (χ2n) is 11.6. The standard InChI is InChI=1S/C38H38N2O8/c1-3-39(23-25-15-19-29(20-16-25)47-27-11-7-5-8-12-27)35(41)31-32(34(38(45)46)33(31)37(43)44)36(42)40(4-2)24-26-17-21-30(22-18-26)48-28-13-9-6-10-14-28/h5-22,31-34H,3-4,23-24H2,1-2H3,(H,43,44)(H,45,46)/t31-,32-,33-,34-/m1/s1. The highest BCUT2D eigenvalue weighted by molar-refractivity contribution is 5.99. The molecule has 48 heavy (non-hydrogen) atoms. The second kappa shape index (κ2) is 15.3. The summed E-state index contributed by atoms with van der Waals surface area (Å²) in [6.07, 6.45) is 0. The summed E-state index contributed by atoms with van der Waals surface area (Å²) < 4.78 is 11.7. The summed E-state index contributed by atoms with van der Waals surface area (Å²) in [4.78, 5) is 55.6. The first kappa shape index (κ1) is 33.7. The van der Waals surface area contributed by atoms with E-state index in [2.05, 4.69) is 0 Å². The molecule has 10 heteroatoms. The van der Waals surface area contributed by atoms with E-state index in [4.69, 9.17) is 9.47 Å². The Bertz CT molecular complexity index is 1580. The van der Waals surface area contributed by atoms with Crippen LogP contribution in [0.2, 0.25) is 0 Å². The summed E-state index contributed by atoms with van der Waals surface area (Å²) in [7, 11) is 0. The SMILES string of the molecule is CCN(Cc1ccc(Oc2ccccc2)cc1)C(=O)[C@H]1[C@@H](C(=O)O)[C@H](C(=O)O)[C@@H]1C(=O)N(CC)Cc1ccc(Oc2ccccc2)cc1. The maximum absolute atomic E-state index is 14.0. The number of ether oxygens (including phenoxy) is 2. The van der Waals surface area contributed by atoms with E-state index in [-0.39, 0.29) is 26.2 Å². The molecule has 0 unspecified atom stereocenters. The molecule has 248 valence electrons. The largest absolute Gasteiger partial charge is 0.481 e. The van der Waals surface area contributed by atoms with E-state index in [0.29, 0.717) is 23.0 Å². The molecule has 1 aliphatic rings. The van der Waals surface area contributed by atoms with Gasteiger partial charge >= 0.3 is 11.9 Å². The van der Waals surface area contributed by atoms with Gasteiger partial charge in [-0.25, -0.2) is 0 Å². The van der Waals surface area contributed by atoms with Gasteiger partial charge in [-0.05, 0) is 73.5 Å². The number of para-hydroxylation sites is 2. The highest BCUT2D eigenvalue weighted by atomic mass is 16.5. The van der Waals surface area contributed by atoms with Crippen molar-refractivity contribution in [1.82, 2.24) is 9.80 Å². The van der Waals surface area contributed by atoms with Crippen LogP contribution in [0.25, 0.3) is 0 Å². The van der Waals surface area contributed by atoms with E-state index in [1.807, 2.05) is 60.7 Å². The maximum Gasteiger partial charge on any atom is 0.308 e. The molecule has 10 nitrogen and oxygen atoms in total. The zero-order valence-electron chi connectivity index (χ0n) is 26.8. The van der Waals surface area contributed by atoms with Crippen LogP contribution in [0.5, 0.6) is 23.0 Å². The van der Waals surface area contributed by atoms with Crippen molar-refractivity contribution >= 4 is 23.8 Å². The zero-order chi connectivity index (χ0) is 34.2. The van der Waals surface area contributed by atoms with Gasteiger partial charge in [-0.2, -0.15) is 0 Å². The summed E-state index contributed by atoms with van der Waals surface area (Å²) >= 11 is 0. The number of carboxylic acids is 2. The molecular weight excluding hydrogens is 612 g/mol. The molecule has 4 aromatic carbocycles. The molecule has 0 saturated heterocycles. The van der Waals surface area contributed by atoms with E-state index >= 15 is 0 Å². The number of carbonyl (C=O) groups excluding carboxylic acids is 2. The monoisotopic (exact) mass is 650 g/mol. The molecule has 2 amide bonds. The van der Waals surface area contributed by atoms with Gasteiger partial charge in [-0.3, -0.25) is 19.2 Å². The van der Waals surface area contributed by atoms with Crippen LogP contribution in [0.3, 0.4) is 0 Å².